The number of H-pyrrole nitrogens is 1. The van der Waals surface area contributed by atoms with Gasteiger partial charge in [0.1, 0.15) is 4.83 Å². The SMILES string of the molecule is O=C(CSc1nc2scc(-c3cccs3)c2c(=O)[nH]1)N1CCCC1. The van der Waals surface area contributed by atoms with Gasteiger partial charge in [0.15, 0.2) is 5.16 Å². The fourth-order valence-electron chi connectivity index (χ4n) is 2.80. The zero-order valence-corrected chi connectivity index (χ0v) is 15.2. The second-order valence-corrected chi connectivity index (χ2v) is 8.32. The van der Waals surface area contributed by atoms with Crippen LogP contribution in [-0.4, -0.2) is 39.6 Å². The smallest absolute Gasteiger partial charge is 0.260 e. The molecule has 24 heavy (non-hydrogen) atoms. The van der Waals surface area contributed by atoms with Crippen molar-refractivity contribution in [1.82, 2.24) is 14.9 Å². The van der Waals surface area contributed by atoms with Crippen molar-refractivity contribution >= 4 is 50.6 Å². The molecule has 1 amide bonds. The Bertz CT molecular complexity index is 924. The minimum absolute atomic E-state index is 0.116. The van der Waals surface area contributed by atoms with Gasteiger partial charge in [-0.3, -0.25) is 9.59 Å². The van der Waals surface area contributed by atoms with Crippen LogP contribution in [-0.2, 0) is 4.79 Å². The summed E-state index contributed by atoms with van der Waals surface area (Å²) in [6, 6.07) is 3.97. The monoisotopic (exact) mass is 377 g/mol. The van der Waals surface area contributed by atoms with Gasteiger partial charge in [-0.25, -0.2) is 4.98 Å². The van der Waals surface area contributed by atoms with E-state index in [9.17, 15) is 9.59 Å². The van der Waals surface area contributed by atoms with E-state index in [4.69, 9.17) is 0 Å². The molecule has 1 aliphatic heterocycles. The summed E-state index contributed by atoms with van der Waals surface area (Å²) < 4.78 is 0. The summed E-state index contributed by atoms with van der Waals surface area (Å²) in [6.07, 6.45) is 2.16. The molecule has 1 fully saturated rings. The van der Waals surface area contributed by atoms with Crippen molar-refractivity contribution in [3.05, 3.63) is 33.2 Å². The average Bonchev–Trinajstić information content (AvgIpc) is 3.31. The number of aromatic nitrogens is 2. The van der Waals surface area contributed by atoms with Crippen LogP contribution in [0.4, 0.5) is 0 Å². The van der Waals surface area contributed by atoms with Gasteiger partial charge < -0.3 is 9.88 Å². The molecule has 0 radical (unpaired) electrons. The van der Waals surface area contributed by atoms with Crippen molar-refractivity contribution < 1.29 is 4.79 Å². The first kappa shape index (κ1) is 15.9. The van der Waals surface area contributed by atoms with Crippen LogP contribution in [0.5, 0.6) is 0 Å². The predicted octanol–water partition coefficient (Wildman–Crippen LogP) is 3.43. The Labute approximate surface area is 150 Å². The summed E-state index contributed by atoms with van der Waals surface area (Å²) in [7, 11) is 0. The summed E-state index contributed by atoms with van der Waals surface area (Å²) in [5, 5.41) is 5.12. The molecule has 8 heteroatoms. The quantitative estimate of drug-likeness (QED) is 0.559. The highest BCUT2D eigenvalue weighted by atomic mass is 32.2. The molecule has 0 saturated carbocycles. The highest BCUT2D eigenvalue weighted by Gasteiger charge is 2.19. The number of nitrogens with one attached hydrogen (secondary N) is 1. The molecule has 124 valence electrons. The van der Waals surface area contributed by atoms with E-state index in [-0.39, 0.29) is 11.5 Å². The highest BCUT2D eigenvalue weighted by Crippen LogP contribution is 2.34. The lowest BCUT2D eigenvalue weighted by Crippen LogP contribution is -2.29. The molecule has 0 aliphatic carbocycles. The van der Waals surface area contributed by atoms with Crippen LogP contribution in [0.1, 0.15) is 12.8 Å². The van der Waals surface area contributed by atoms with E-state index in [0.717, 1.165) is 41.2 Å². The highest BCUT2D eigenvalue weighted by molar-refractivity contribution is 7.99. The number of thioether (sulfide) groups is 1. The van der Waals surface area contributed by atoms with Crippen LogP contribution in [0.3, 0.4) is 0 Å². The number of nitrogens with zero attached hydrogens (tertiary/aromatic N) is 2. The zero-order valence-electron chi connectivity index (χ0n) is 12.8. The number of hydrogen-bond donors (Lipinski definition) is 1. The van der Waals surface area contributed by atoms with Crippen LogP contribution in [0.2, 0.25) is 0 Å². The van der Waals surface area contributed by atoms with Crippen LogP contribution < -0.4 is 5.56 Å². The molecule has 4 heterocycles. The molecule has 3 aromatic rings. The minimum atomic E-state index is -0.138. The molecule has 5 nitrogen and oxygen atoms in total. The number of hydrogen-bond acceptors (Lipinski definition) is 6. The van der Waals surface area contributed by atoms with Crippen molar-refractivity contribution in [2.24, 2.45) is 0 Å². The Morgan fingerprint density at radius 1 is 1.33 bits per heavy atom. The maximum Gasteiger partial charge on any atom is 0.260 e. The number of likely N-dealkylation sites (tertiary alicyclic amines) is 1. The number of rotatable bonds is 4. The molecule has 1 N–H and O–H groups in total. The molecule has 0 aromatic carbocycles. The second-order valence-electron chi connectivity index (χ2n) is 5.55. The Morgan fingerprint density at radius 2 is 2.17 bits per heavy atom. The maximum absolute atomic E-state index is 12.5. The van der Waals surface area contributed by atoms with Gasteiger partial charge in [-0.05, 0) is 24.3 Å². The molecule has 4 rings (SSSR count). The molecule has 0 spiro atoms. The molecule has 3 aromatic heterocycles. The van der Waals surface area contributed by atoms with Crippen LogP contribution in [0.25, 0.3) is 20.7 Å². The molecular formula is C16H15N3O2S3. The maximum atomic E-state index is 12.5. The van der Waals surface area contributed by atoms with Gasteiger partial charge in [0, 0.05) is 28.9 Å². The zero-order chi connectivity index (χ0) is 16.5. The normalized spacial score (nSPS) is 14.6. The number of amides is 1. The molecule has 0 atom stereocenters. The van der Waals surface area contributed by atoms with E-state index in [1.165, 1.54) is 23.1 Å². The van der Waals surface area contributed by atoms with Gasteiger partial charge in [0.2, 0.25) is 5.91 Å². The molecular weight excluding hydrogens is 362 g/mol. The van der Waals surface area contributed by atoms with Gasteiger partial charge >= 0.3 is 0 Å². The number of carbonyl (C=O) groups is 1. The largest absolute Gasteiger partial charge is 0.342 e. The summed E-state index contributed by atoms with van der Waals surface area (Å²) >= 11 is 4.38. The third-order valence-corrected chi connectivity index (χ3v) is 6.63. The first-order valence-corrected chi connectivity index (χ1v) is 10.4. The van der Waals surface area contributed by atoms with Gasteiger partial charge in [-0.2, -0.15) is 0 Å². The lowest BCUT2D eigenvalue weighted by atomic mass is 10.2. The van der Waals surface area contributed by atoms with E-state index in [0.29, 0.717) is 16.3 Å². The van der Waals surface area contributed by atoms with Crippen molar-refractivity contribution in [2.45, 2.75) is 18.0 Å². The van der Waals surface area contributed by atoms with Gasteiger partial charge in [0.25, 0.3) is 5.56 Å². The van der Waals surface area contributed by atoms with Crippen molar-refractivity contribution in [3.63, 3.8) is 0 Å². The van der Waals surface area contributed by atoms with Gasteiger partial charge in [-0.15, -0.1) is 22.7 Å². The van der Waals surface area contributed by atoms with Crippen LogP contribution in [0, 0.1) is 0 Å². The first-order chi connectivity index (χ1) is 11.7. The second kappa shape index (κ2) is 6.70. The van der Waals surface area contributed by atoms with E-state index < -0.39 is 0 Å². The fraction of sp³-hybridized carbons (Fsp3) is 0.312. The molecule has 0 bridgehead atoms. The summed E-state index contributed by atoms with van der Waals surface area (Å²) in [6.45, 7) is 1.69. The summed E-state index contributed by atoms with van der Waals surface area (Å²) in [5.41, 5.74) is 0.796. The molecule has 1 aliphatic rings. The average molecular weight is 378 g/mol. The summed E-state index contributed by atoms with van der Waals surface area (Å²) in [4.78, 5) is 35.6. The van der Waals surface area contributed by atoms with E-state index in [1.54, 1.807) is 11.3 Å². The predicted molar refractivity (Wildman–Crippen MR) is 100 cm³/mol. The van der Waals surface area contributed by atoms with Crippen molar-refractivity contribution in [1.29, 1.82) is 0 Å². The lowest BCUT2D eigenvalue weighted by molar-refractivity contribution is -0.127. The van der Waals surface area contributed by atoms with E-state index in [2.05, 4.69) is 9.97 Å². The molecule has 0 unspecified atom stereocenters. The Hall–Kier alpha value is -1.64. The Morgan fingerprint density at radius 3 is 2.92 bits per heavy atom. The van der Waals surface area contributed by atoms with Crippen LogP contribution in [0.15, 0.2) is 32.8 Å². The van der Waals surface area contributed by atoms with E-state index in [1.807, 2.05) is 27.8 Å². The fourth-order valence-corrected chi connectivity index (χ4v) is 5.38. The third-order valence-electron chi connectivity index (χ3n) is 4.00. The Balaban J connectivity index is 1.57. The summed E-state index contributed by atoms with van der Waals surface area (Å²) in [5.74, 6) is 0.433. The van der Waals surface area contributed by atoms with E-state index >= 15 is 0 Å². The number of carbonyl (C=O) groups excluding carboxylic acids is 1. The van der Waals surface area contributed by atoms with Crippen molar-refractivity contribution in [2.75, 3.05) is 18.8 Å². The van der Waals surface area contributed by atoms with Crippen molar-refractivity contribution in [3.8, 4) is 10.4 Å². The van der Waals surface area contributed by atoms with Crippen LogP contribution >= 0.6 is 34.4 Å². The minimum Gasteiger partial charge on any atom is -0.342 e. The number of aromatic amines is 1. The topological polar surface area (TPSA) is 66.1 Å². The molecule has 1 saturated heterocycles. The lowest BCUT2D eigenvalue weighted by Gasteiger charge is -2.14. The standard InChI is InChI=1S/C16H15N3O2S3/c20-12(19-5-1-2-6-19)9-24-16-17-14(21)13-10(8-23-15(13)18-16)11-4-3-7-22-11/h3-4,7-8H,1-2,5-6,9H2,(H,17,18,21). The van der Waals surface area contributed by atoms with Gasteiger partial charge in [-0.1, -0.05) is 17.8 Å². The Kier molecular flexibility index (Phi) is 4.43. The number of fused-ring (bicyclic) bond motifs is 1. The third kappa shape index (κ3) is 3.01. The van der Waals surface area contributed by atoms with Gasteiger partial charge in [0.05, 0.1) is 11.1 Å². The first-order valence-electron chi connectivity index (χ1n) is 7.68. The number of thiophene rings is 2.